The number of aromatic hydroxyl groups is 1. The number of benzene rings is 3. The molecule has 0 bridgehead atoms. The minimum absolute atomic E-state index is 0.0136. The van der Waals surface area contributed by atoms with Crippen LogP contribution in [0, 0.1) is 6.92 Å². The first kappa shape index (κ1) is 27.0. The molecule has 0 saturated carbocycles. The zero-order valence-electron chi connectivity index (χ0n) is 22.9. The molecule has 1 aliphatic heterocycles. The molecular formula is C31H30N2O7. The van der Waals surface area contributed by atoms with E-state index in [4.69, 9.17) is 14.3 Å². The number of methoxy groups -OCH3 is 1. The van der Waals surface area contributed by atoms with Crippen LogP contribution in [-0.2, 0) is 26.4 Å². The van der Waals surface area contributed by atoms with E-state index in [0.717, 1.165) is 21.9 Å². The zero-order valence-corrected chi connectivity index (χ0v) is 22.9. The summed E-state index contributed by atoms with van der Waals surface area (Å²) < 4.78 is 11.5. The first-order chi connectivity index (χ1) is 19.1. The van der Waals surface area contributed by atoms with Gasteiger partial charge in [0, 0.05) is 24.4 Å². The highest BCUT2D eigenvalue weighted by molar-refractivity contribution is 6.31. The third-order valence-corrected chi connectivity index (χ3v) is 7.51. The predicted octanol–water partition coefficient (Wildman–Crippen LogP) is 4.29. The van der Waals surface area contributed by atoms with Crippen LogP contribution >= 0.6 is 0 Å². The number of rotatable bonds is 7. The highest BCUT2D eigenvalue weighted by Gasteiger charge is 2.56. The molecule has 5 rings (SSSR count). The number of fused-ring (bicyclic) bond motifs is 4. The van der Waals surface area contributed by atoms with Crippen molar-refractivity contribution in [3.8, 4) is 17.2 Å². The van der Waals surface area contributed by atoms with Crippen molar-refractivity contribution in [3.05, 3.63) is 87.8 Å². The van der Waals surface area contributed by atoms with Gasteiger partial charge in [0.1, 0.15) is 28.2 Å². The number of carbonyl (C=O) groups is 3. The molecule has 0 unspecified atom stereocenters. The lowest BCUT2D eigenvalue weighted by atomic mass is 9.70. The molecule has 40 heavy (non-hydrogen) atoms. The second-order valence-corrected chi connectivity index (χ2v) is 9.91. The molecule has 0 fully saturated rings. The lowest BCUT2D eigenvalue weighted by Crippen LogP contribution is -2.41. The Balaban J connectivity index is 1.58. The van der Waals surface area contributed by atoms with E-state index in [1.807, 2.05) is 43.3 Å². The van der Waals surface area contributed by atoms with Crippen LogP contribution in [0.5, 0.6) is 17.2 Å². The Labute approximate surface area is 231 Å². The molecule has 3 N–H and O–H groups in total. The molecule has 3 aromatic carbocycles. The lowest BCUT2D eigenvalue weighted by Gasteiger charge is -2.28. The summed E-state index contributed by atoms with van der Waals surface area (Å²) in [6, 6.07) is 13.2. The number of phenolic OH excluding ortho intramolecular Hbond substituents is 1. The van der Waals surface area contributed by atoms with Crippen molar-refractivity contribution >= 4 is 28.2 Å². The standard InChI is InChI=1S/C31H30N2O7/c1-6-39-33-17(3)25-21(34)14-24-31(4,29(25)36)27-22(35)13-23(38-5)26(28(27)40-24)30(37)32-15-20-16(2)11-12-18-9-7-8-10-19(18)20/h7-14,33,35H,6,15H2,1-5H3,(H,32,37)/t31-/m1/s1. The maximum atomic E-state index is 13.8. The Hall–Kier alpha value is -4.63. The Bertz CT molecular complexity index is 1650. The van der Waals surface area contributed by atoms with Gasteiger partial charge in [-0.15, -0.1) is 0 Å². The van der Waals surface area contributed by atoms with E-state index >= 15 is 0 Å². The highest BCUT2D eigenvalue weighted by Crippen LogP contribution is 2.56. The van der Waals surface area contributed by atoms with Crippen LogP contribution in [-0.4, -0.2) is 36.3 Å². The number of hydrogen-bond acceptors (Lipinski definition) is 8. The minimum atomic E-state index is -1.55. The summed E-state index contributed by atoms with van der Waals surface area (Å²) in [4.78, 5) is 45.7. The smallest absolute Gasteiger partial charge is 0.259 e. The van der Waals surface area contributed by atoms with Crippen molar-refractivity contribution in [3.63, 3.8) is 0 Å². The minimum Gasteiger partial charge on any atom is -0.507 e. The molecule has 0 radical (unpaired) electrons. The first-order valence-electron chi connectivity index (χ1n) is 12.9. The summed E-state index contributed by atoms with van der Waals surface area (Å²) >= 11 is 0. The third-order valence-electron chi connectivity index (χ3n) is 7.51. The number of ether oxygens (including phenoxy) is 2. The number of hydroxylamine groups is 1. The van der Waals surface area contributed by atoms with Gasteiger partial charge in [-0.2, -0.15) is 0 Å². The molecule has 0 spiro atoms. The van der Waals surface area contributed by atoms with Crippen LogP contribution in [0.1, 0.15) is 47.8 Å². The van der Waals surface area contributed by atoms with Crippen LogP contribution in [0.25, 0.3) is 10.8 Å². The topological polar surface area (TPSA) is 123 Å². The summed E-state index contributed by atoms with van der Waals surface area (Å²) in [6.45, 7) is 7.38. The molecule has 0 saturated heterocycles. The van der Waals surface area contributed by atoms with E-state index in [-0.39, 0.29) is 51.9 Å². The molecule has 1 atom stereocenters. The van der Waals surface area contributed by atoms with Gasteiger partial charge in [-0.25, -0.2) is 0 Å². The van der Waals surface area contributed by atoms with E-state index in [0.29, 0.717) is 6.61 Å². The number of aryl methyl sites for hydroxylation is 1. The second-order valence-electron chi connectivity index (χ2n) is 9.91. The fourth-order valence-corrected chi connectivity index (χ4v) is 5.39. The number of phenols is 1. The van der Waals surface area contributed by atoms with E-state index in [1.165, 1.54) is 19.3 Å². The molecule has 206 valence electrons. The Morgan fingerprint density at radius 1 is 1.15 bits per heavy atom. The van der Waals surface area contributed by atoms with Crippen molar-refractivity contribution in [2.24, 2.45) is 0 Å². The van der Waals surface area contributed by atoms with Crippen molar-refractivity contribution in [2.45, 2.75) is 39.7 Å². The molecular weight excluding hydrogens is 512 g/mol. The SMILES string of the molecule is CCONC(C)=C1C(=O)C=C2Oc3c(C(=O)NCc4c(C)ccc5ccccc45)c(OC)cc(O)c3[C@]2(C)C1=O. The summed E-state index contributed by atoms with van der Waals surface area (Å²) in [5, 5.41) is 16.1. The highest BCUT2D eigenvalue weighted by atomic mass is 16.6. The Morgan fingerprint density at radius 2 is 1.90 bits per heavy atom. The van der Waals surface area contributed by atoms with Gasteiger partial charge in [0.05, 0.1) is 24.9 Å². The number of allylic oxidation sites excluding steroid dienone is 4. The molecule has 9 nitrogen and oxygen atoms in total. The molecule has 9 heteroatoms. The fraction of sp³-hybridized carbons (Fsp3) is 0.258. The zero-order chi connectivity index (χ0) is 28.8. The van der Waals surface area contributed by atoms with Gasteiger partial charge in [0.15, 0.2) is 17.3 Å². The van der Waals surface area contributed by atoms with Crippen molar-refractivity contribution in [1.29, 1.82) is 0 Å². The van der Waals surface area contributed by atoms with Crippen LogP contribution in [0.15, 0.2) is 65.6 Å². The van der Waals surface area contributed by atoms with Crippen LogP contribution in [0.4, 0.5) is 0 Å². The molecule has 2 aliphatic rings. The van der Waals surface area contributed by atoms with Gasteiger partial charge in [0.2, 0.25) is 0 Å². The summed E-state index contributed by atoms with van der Waals surface area (Å²) in [5.41, 5.74) is 3.25. The monoisotopic (exact) mass is 542 g/mol. The molecule has 3 aromatic rings. The molecule has 1 amide bonds. The van der Waals surface area contributed by atoms with Crippen LogP contribution < -0.4 is 20.3 Å². The Kier molecular flexibility index (Phi) is 6.85. The van der Waals surface area contributed by atoms with Crippen molar-refractivity contribution in [1.82, 2.24) is 10.8 Å². The third kappa shape index (κ3) is 4.10. The average Bonchev–Trinajstić information content (AvgIpc) is 3.24. The number of carbonyl (C=O) groups excluding carboxylic acids is 3. The van der Waals surface area contributed by atoms with Crippen molar-refractivity contribution < 1.29 is 33.8 Å². The number of ketones is 2. The summed E-state index contributed by atoms with van der Waals surface area (Å²) in [5.74, 6) is -1.92. The average molecular weight is 543 g/mol. The lowest BCUT2D eigenvalue weighted by molar-refractivity contribution is -0.123. The number of hydrogen-bond donors (Lipinski definition) is 3. The number of nitrogens with one attached hydrogen (secondary N) is 2. The van der Waals surface area contributed by atoms with E-state index in [2.05, 4.69) is 10.8 Å². The maximum Gasteiger partial charge on any atom is 0.259 e. The number of amides is 1. The Morgan fingerprint density at radius 3 is 2.62 bits per heavy atom. The van der Waals surface area contributed by atoms with Gasteiger partial charge < -0.3 is 19.9 Å². The fourth-order valence-electron chi connectivity index (χ4n) is 5.39. The van der Waals surface area contributed by atoms with Gasteiger partial charge in [-0.1, -0.05) is 36.4 Å². The molecule has 1 aliphatic carbocycles. The largest absolute Gasteiger partial charge is 0.507 e. The van der Waals surface area contributed by atoms with Gasteiger partial charge in [-0.05, 0) is 49.6 Å². The van der Waals surface area contributed by atoms with Crippen LogP contribution in [0.3, 0.4) is 0 Å². The van der Waals surface area contributed by atoms with E-state index < -0.39 is 22.9 Å². The van der Waals surface area contributed by atoms with Gasteiger partial charge >= 0.3 is 0 Å². The van der Waals surface area contributed by atoms with Gasteiger partial charge in [-0.3, -0.25) is 24.7 Å². The normalized spacial score (nSPS) is 19.0. The van der Waals surface area contributed by atoms with E-state index in [9.17, 15) is 19.5 Å². The first-order valence-corrected chi connectivity index (χ1v) is 12.9. The van der Waals surface area contributed by atoms with Crippen molar-refractivity contribution in [2.75, 3.05) is 13.7 Å². The molecule has 0 aromatic heterocycles. The predicted molar refractivity (Wildman–Crippen MR) is 148 cm³/mol. The summed E-state index contributed by atoms with van der Waals surface area (Å²) in [7, 11) is 1.37. The number of Topliss-reactive ketones (excluding diaryl/α,β-unsaturated/α-hetero) is 1. The second kappa shape index (κ2) is 10.2. The summed E-state index contributed by atoms with van der Waals surface area (Å²) in [6.07, 6.45) is 1.21. The van der Waals surface area contributed by atoms with E-state index in [1.54, 1.807) is 20.8 Å². The molecule has 1 heterocycles. The van der Waals surface area contributed by atoms with Gasteiger partial charge in [0.25, 0.3) is 5.91 Å². The maximum absolute atomic E-state index is 13.8. The quantitative estimate of drug-likeness (QED) is 0.230. The van der Waals surface area contributed by atoms with Crippen LogP contribution in [0.2, 0.25) is 0 Å².